The highest BCUT2D eigenvalue weighted by Crippen LogP contribution is 2.35. The van der Waals surface area contributed by atoms with E-state index in [9.17, 15) is 14.7 Å². The van der Waals surface area contributed by atoms with E-state index in [0.29, 0.717) is 49.6 Å². The van der Waals surface area contributed by atoms with Crippen molar-refractivity contribution in [2.45, 2.75) is 44.7 Å². The van der Waals surface area contributed by atoms with E-state index >= 15 is 0 Å². The van der Waals surface area contributed by atoms with Crippen molar-refractivity contribution in [3.63, 3.8) is 0 Å². The Bertz CT molecular complexity index is 1090. The molecule has 0 radical (unpaired) electrons. The summed E-state index contributed by atoms with van der Waals surface area (Å²) < 4.78 is 0. The van der Waals surface area contributed by atoms with Gasteiger partial charge in [0.1, 0.15) is 11.9 Å². The second kappa shape index (κ2) is 10.5. The van der Waals surface area contributed by atoms with Gasteiger partial charge in [-0.25, -0.2) is 9.78 Å². The molecule has 9 heteroatoms. The zero-order valence-corrected chi connectivity index (χ0v) is 20.7. The van der Waals surface area contributed by atoms with Gasteiger partial charge in [-0.3, -0.25) is 4.79 Å². The Balaban J connectivity index is 1.47. The summed E-state index contributed by atoms with van der Waals surface area (Å²) in [5.41, 5.74) is 1.51. The molecule has 2 fully saturated rings. The second-order valence-electron chi connectivity index (χ2n) is 9.53. The first-order valence-electron chi connectivity index (χ1n) is 11.9. The maximum Gasteiger partial charge on any atom is 0.407 e. The van der Waals surface area contributed by atoms with E-state index in [1.807, 2.05) is 49.1 Å². The van der Waals surface area contributed by atoms with Crippen LogP contribution in [0.2, 0.25) is 5.02 Å². The number of rotatable bonds is 5. The largest absolute Gasteiger partial charge is 0.465 e. The minimum Gasteiger partial charge on any atom is -0.465 e. The van der Waals surface area contributed by atoms with Gasteiger partial charge in [0.2, 0.25) is 5.91 Å². The van der Waals surface area contributed by atoms with Gasteiger partial charge in [0, 0.05) is 55.3 Å². The van der Waals surface area contributed by atoms with Gasteiger partial charge < -0.3 is 19.8 Å². The third-order valence-corrected chi connectivity index (χ3v) is 7.33. The predicted molar refractivity (Wildman–Crippen MR) is 133 cm³/mol. The molecule has 1 N–H and O–H groups in total. The van der Waals surface area contributed by atoms with Crippen LogP contribution in [0.1, 0.15) is 43.7 Å². The molecule has 0 unspecified atom stereocenters. The van der Waals surface area contributed by atoms with Gasteiger partial charge in [-0.05, 0) is 56.5 Å². The summed E-state index contributed by atoms with van der Waals surface area (Å²) in [5.74, 6) is 0.685. The zero-order chi connectivity index (χ0) is 25.1. The SMILES string of the molecule is CC(C)N(C(=O)O)[C@@H]1CN(C(=O)C2CCN(c3ccc(C#N)cn3)CC2)C[C@H]1c1ccc(Cl)cc1. The Labute approximate surface area is 210 Å². The number of halogens is 1. The molecule has 4 rings (SSSR count). The van der Waals surface area contributed by atoms with Gasteiger partial charge in [-0.1, -0.05) is 23.7 Å². The van der Waals surface area contributed by atoms with Crippen LogP contribution < -0.4 is 4.90 Å². The highest BCUT2D eigenvalue weighted by atomic mass is 35.5. The number of carbonyl (C=O) groups is 2. The molecule has 0 bridgehead atoms. The third kappa shape index (κ3) is 5.35. The minimum absolute atomic E-state index is 0.0907. The maximum absolute atomic E-state index is 13.5. The van der Waals surface area contributed by atoms with E-state index in [4.69, 9.17) is 16.9 Å². The van der Waals surface area contributed by atoms with Crippen LogP contribution in [0.4, 0.5) is 10.6 Å². The zero-order valence-electron chi connectivity index (χ0n) is 20.0. The number of hydrogen-bond acceptors (Lipinski definition) is 5. The lowest BCUT2D eigenvalue weighted by molar-refractivity contribution is -0.135. The number of carbonyl (C=O) groups excluding carboxylic acids is 1. The lowest BCUT2D eigenvalue weighted by Gasteiger charge is -2.34. The number of amides is 2. The number of pyridine rings is 1. The van der Waals surface area contributed by atoms with Crippen LogP contribution in [-0.2, 0) is 4.79 Å². The van der Waals surface area contributed by atoms with Gasteiger partial charge >= 0.3 is 6.09 Å². The summed E-state index contributed by atoms with van der Waals surface area (Å²) in [6.45, 7) is 6.02. The molecular formula is C26H30ClN5O3. The molecule has 1 aromatic carbocycles. The molecule has 2 amide bonds. The maximum atomic E-state index is 13.5. The molecule has 1 aromatic heterocycles. The van der Waals surface area contributed by atoms with Crippen LogP contribution in [0, 0.1) is 17.2 Å². The second-order valence-corrected chi connectivity index (χ2v) is 9.97. The molecular weight excluding hydrogens is 466 g/mol. The van der Waals surface area contributed by atoms with Gasteiger partial charge in [-0.15, -0.1) is 0 Å². The van der Waals surface area contributed by atoms with E-state index in [1.54, 1.807) is 12.3 Å². The van der Waals surface area contributed by atoms with Crippen molar-refractivity contribution in [2.24, 2.45) is 5.92 Å². The van der Waals surface area contributed by atoms with Crippen LogP contribution in [-0.4, -0.2) is 70.2 Å². The van der Waals surface area contributed by atoms with Gasteiger partial charge in [0.15, 0.2) is 0 Å². The molecule has 0 aliphatic carbocycles. The average molecular weight is 496 g/mol. The van der Waals surface area contributed by atoms with E-state index < -0.39 is 6.09 Å². The molecule has 8 nitrogen and oxygen atoms in total. The van der Waals surface area contributed by atoms with Crippen LogP contribution in [0.25, 0.3) is 0 Å². The van der Waals surface area contributed by atoms with E-state index in [-0.39, 0.29) is 29.8 Å². The number of aromatic nitrogens is 1. The molecule has 2 aliphatic rings. The lowest BCUT2D eigenvalue weighted by atomic mass is 9.92. The Morgan fingerprint density at radius 2 is 1.83 bits per heavy atom. The van der Waals surface area contributed by atoms with Crippen LogP contribution in [0.15, 0.2) is 42.6 Å². The molecule has 2 saturated heterocycles. The lowest BCUT2D eigenvalue weighted by Crippen LogP contribution is -2.48. The van der Waals surface area contributed by atoms with Gasteiger partial charge in [0.05, 0.1) is 11.6 Å². The number of hydrogen-bond donors (Lipinski definition) is 1. The number of piperidine rings is 1. The Kier molecular flexibility index (Phi) is 7.46. The molecule has 3 heterocycles. The van der Waals surface area contributed by atoms with Crippen molar-refractivity contribution in [1.82, 2.24) is 14.8 Å². The first kappa shape index (κ1) is 24.8. The first-order chi connectivity index (χ1) is 16.8. The van der Waals surface area contributed by atoms with E-state index in [1.165, 1.54) is 4.90 Å². The summed E-state index contributed by atoms with van der Waals surface area (Å²) in [4.78, 5) is 35.5. The molecule has 2 aromatic rings. The van der Waals surface area contributed by atoms with E-state index in [2.05, 4.69) is 16.0 Å². The topological polar surface area (TPSA) is 101 Å². The minimum atomic E-state index is -0.971. The fourth-order valence-corrected chi connectivity index (χ4v) is 5.41. The van der Waals surface area contributed by atoms with Crippen molar-refractivity contribution < 1.29 is 14.7 Å². The summed E-state index contributed by atoms with van der Waals surface area (Å²) in [6.07, 6.45) is 2.01. The monoisotopic (exact) mass is 495 g/mol. The number of nitrogens with zero attached hydrogens (tertiary/aromatic N) is 5. The van der Waals surface area contributed by atoms with Crippen LogP contribution >= 0.6 is 11.6 Å². The number of likely N-dealkylation sites (tertiary alicyclic amines) is 1. The fourth-order valence-electron chi connectivity index (χ4n) is 5.28. The number of nitriles is 1. The summed E-state index contributed by atoms with van der Waals surface area (Å²) in [5, 5.41) is 19.5. The average Bonchev–Trinajstić information content (AvgIpc) is 3.28. The molecule has 0 saturated carbocycles. The number of benzene rings is 1. The van der Waals surface area contributed by atoms with Crippen molar-refractivity contribution in [3.8, 4) is 6.07 Å². The van der Waals surface area contributed by atoms with Gasteiger partial charge in [0.25, 0.3) is 0 Å². The predicted octanol–water partition coefficient (Wildman–Crippen LogP) is 4.21. The van der Waals surface area contributed by atoms with Crippen molar-refractivity contribution in [3.05, 3.63) is 58.7 Å². The summed E-state index contributed by atoms with van der Waals surface area (Å²) in [6, 6.07) is 12.6. The Morgan fingerprint density at radius 3 is 2.37 bits per heavy atom. The fraction of sp³-hybridized carbons (Fsp3) is 0.462. The molecule has 2 atom stereocenters. The standard InChI is InChI=1S/C26H30ClN5O3/c1-17(2)32(26(34)35)23-16-31(15-22(23)19-4-6-21(27)7-5-19)25(33)20-9-11-30(12-10-20)24-8-3-18(13-28)14-29-24/h3-8,14,17,20,22-23H,9-12,15-16H2,1-2H3,(H,34,35)/t22-,23+/m0/s1. The highest BCUT2D eigenvalue weighted by molar-refractivity contribution is 6.30. The molecule has 184 valence electrons. The quantitative estimate of drug-likeness (QED) is 0.667. The van der Waals surface area contributed by atoms with E-state index in [0.717, 1.165) is 11.4 Å². The summed E-state index contributed by atoms with van der Waals surface area (Å²) >= 11 is 6.08. The summed E-state index contributed by atoms with van der Waals surface area (Å²) in [7, 11) is 0. The number of anilines is 1. The third-order valence-electron chi connectivity index (χ3n) is 7.08. The number of carboxylic acid groups (broad SMARTS) is 1. The first-order valence-corrected chi connectivity index (χ1v) is 12.3. The van der Waals surface area contributed by atoms with Crippen LogP contribution in [0.5, 0.6) is 0 Å². The smallest absolute Gasteiger partial charge is 0.407 e. The van der Waals surface area contributed by atoms with Crippen molar-refractivity contribution in [1.29, 1.82) is 5.26 Å². The molecule has 0 spiro atoms. The Morgan fingerprint density at radius 1 is 1.14 bits per heavy atom. The molecule has 2 aliphatic heterocycles. The van der Waals surface area contributed by atoms with Gasteiger partial charge in [-0.2, -0.15) is 5.26 Å². The van der Waals surface area contributed by atoms with Crippen molar-refractivity contribution in [2.75, 3.05) is 31.1 Å². The normalized spacial score (nSPS) is 20.7. The molecule has 35 heavy (non-hydrogen) atoms. The van der Waals surface area contributed by atoms with Crippen molar-refractivity contribution >= 4 is 29.4 Å². The highest BCUT2D eigenvalue weighted by Gasteiger charge is 2.43. The van der Waals surface area contributed by atoms with Crippen LogP contribution in [0.3, 0.4) is 0 Å². The Hall–Kier alpha value is -3.31.